The summed E-state index contributed by atoms with van der Waals surface area (Å²) in [6, 6.07) is 8.97. The Kier molecular flexibility index (Phi) is 7.15. The molecule has 2 rings (SSSR count). The van der Waals surface area contributed by atoms with Crippen molar-refractivity contribution in [3.8, 4) is 0 Å². The van der Waals surface area contributed by atoms with Crippen LogP contribution in [0.4, 0.5) is 0 Å². The van der Waals surface area contributed by atoms with Gasteiger partial charge in [-0.05, 0) is 31.2 Å². The Morgan fingerprint density at radius 1 is 1.23 bits per heavy atom. The smallest absolute Gasteiger partial charge is 0.320 e. The van der Waals surface area contributed by atoms with Crippen LogP contribution in [0.5, 0.6) is 0 Å². The molecule has 2 amide bonds. The van der Waals surface area contributed by atoms with Gasteiger partial charge in [-0.3, -0.25) is 19.3 Å². The zero-order valence-electron chi connectivity index (χ0n) is 15.3. The van der Waals surface area contributed by atoms with E-state index in [1.807, 2.05) is 30.3 Å². The summed E-state index contributed by atoms with van der Waals surface area (Å²) in [5, 5.41) is 15.0. The topological polar surface area (TPSA) is 98.7 Å². The Bertz CT molecular complexity index is 631. The summed E-state index contributed by atoms with van der Waals surface area (Å²) < 4.78 is 0. The molecule has 0 bridgehead atoms. The lowest BCUT2D eigenvalue weighted by Crippen LogP contribution is -2.48. The average Bonchev–Trinajstić information content (AvgIpc) is 3.43. The van der Waals surface area contributed by atoms with E-state index in [-0.39, 0.29) is 24.4 Å². The first-order valence-electron chi connectivity index (χ1n) is 8.94. The minimum Gasteiger partial charge on any atom is -0.480 e. The van der Waals surface area contributed by atoms with Crippen LogP contribution < -0.4 is 10.6 Å². The molecule has 1 aromatic carbocycles. The number of carboxylic acids is 1. The number of carbonyl (C=O) groups excluding carboxylic acids is 2. The van der Waals surface area contributed by atoms with Crippen LogP contribution in [0.2, 0.25) is 0 Å². The van der Waals surface area contributed by atoms with Crippen molar-refractivity contribution >= 4 is 17.8 Å². The van der Waals surface area contributed by atoms with E-state index in [1.165, 1.54) is 6.92 Å². The SMILES string of the molecule is CC(=O)NCCN(CC(=O)NC(c1ccccc1)C1CC1)C(C)C(=O)O. The minimum atomic E-state index is -0.998. The number of aliphatic carboxylic acids is 1. The summed E-state index contributed by atoms with van der Waals surface area (Å²) in [4.78, 5) is 36.4. The third-order valence-electron chi connectivity index (χ3n) is 4.59. The molecule has 2 unspecified atom stereocenters. The first-order valence-corrected chi connectivity index (χ1v) is 8.94. The van der Waals surface area contributed by atoms with Crippen LogP contribution in [0.3, 0.4) is 0 Å². The highest BCUT2D eigenvalue weighted by molar-refractivity contribution is 5.80. The average molecular weight is 361 g/mol. The molecule has 0 aliphatic heterocycles. The summed E-state index contributed by atoms with van der Waals surface area (Å²) in [7, 11) is 0. The first-order chi connectivity index (χ1) is 12.4. The van der Waals surface area contributed by atoms with Crippen molar-refractivity contribution in [3.05, 3.63) is 35.9 Å². The van der Waals surface area contributed by atoms with Crippen LogP contribution in [0.25, 0.3) is 0 Å². The van der Waals surface area contributed by atoms with Gasteiger partial charge in [0.25, 0.3) is 0 Å². The van der Waals surface area contributed by atoms with E-state index in [0.717, 1.165) is 18.4 Å². The maximum Gasteiger partial charge on any atom is 0.320 e. The summed E-state index contributed by atoms with van der Waals surface area (Å²) in [6.45, 7) is 3.50. The Morgan fingerprint density at radius 3 is 2.42 bits per heavy atom. The lowest BCUT2D eigenvalue weighted by atomic mass is 10.0. The van der Waals surface area contributed by atoms with Gasteiger partial charge in [-0.1, -0.05) is 30.3 Å². The lowest BCUT2D eigenvalue weighted by molar-refractivity contribution is -0.143. The van der Waals surface area contributed by atoms with Gasteiger partial charge in [-0.15, -0.1) is 0 Å². The minimum absolute atomic E-state index is 0.0247. The van der Waals surface area contributed by atoms with Crippen molar-refractivity contribution in [2.24, 2.45) is 5.92 Å². The van der Waals surface area contributed by atoms with Gasteiger partial charge >= 0.3 is 5.97 Å². The summed E-state index contributed by atoms with van der Waals surface area (Å²) >= 11 is 0. The summed E-state index contributed by atoms with van der Waals surface area (Å²) in [5.41, 5.74) is 1.07. The van der Waals surface area contributed by atoms with E-state index >= 15 is 0 Å². The van der Waals surface area contributed by atoms with Crippen LogP contribution in [0, 0.1) is 5.92 Å². The van der Waals surface area contributed by atoms with E-state index in [2.05, 4.69) is 10.6 Å². The van der Waals surface area contributed by atoms with E-state index < -0.39 is 12.0 Å². The predicted molar refractivity (Wildman–Crippen MR) is 97.4 cm³/mol. The van der Waals surface area contributed by atoms with Gasteiger partial charge in [0.15, 0.2) is 0 Å². The summed E-state index contributed by atoms with van der Waals surface area (Å²) in [6.07, 6.45) is 2.16. The molecule has 0 spiro atoms. The lowest BCUT2D eigenvalue weighted by Gasteiger charge is -2.27. The van der Waals surface area contributed by atoms with Crippen molar-refractivity contribution in [1.29, 1.82) is 0 Å². The number of benzene rings is 1. The van der Waals surface area contributed by atoms with Crippen LogP contribution in [0.15, 0.2) is 30.3 Å². The largest absolute Gasteiger partial charge is 0.480 e. The second-order valence-corrected chi connectivity index (χ2v) is 6.76. The molecule has 0 saturated heterocycles. The normalized spacial score (nSPS) is 16.0. The Balaban J connectivity index is 1.98. The number of nitrogens with zero attached hydrogens (tertiary/aromatic N) is 1. The molecular weight excluding hydrogens is 334 g/mol. The third kappa shape index (κ3) is 6.15. The zero-order chi connectivity index (χ0) is 19.1. The number of amides is 2. The zero-order valence-corrected chi connectivity index (χ0v) is 15.3. The fraction of sp³-hybridized carbons (Fsp3) is 0.526. The van der Waals surface area contributed by atoms with Crippen LogP contribution in [0.1, 0.15) is 38.3 Å². The Labute approximate surface area is 153 Å². The van der Waals surface area contributed by atoms with E-state index in [1.54, 1.807) is 11.8 Å². The van der Waals surface area contributed by atoms with Crippen molar-refractivity contribution in [2.45, 2.75) is 38.8 Å². The van der Waals surface area contributed by atoms with Gasteiger partial charge in [0.05, 0.1) is 12.6 Å². The molecule has 7 nitrogen and oxygen atoms in total. The van der Waals surface area contributed by atoms with Gasteiger partial charge < -0.3 is 15.7 Å². The number of rotatable bonds is 10. The molecule has 1 aromatic rings. The molecule has 26 heavy (non-hydrogen) atoms. The van der Waals surface area contributed by atoms with Gasteiger partial charge in [0, 0.05) is 20.0 Å². The molecule has 142 valence electrons. The second-order valence-electron chi connectivity index (χ2n) is 6.76. The molecule has 1 saturated carbocycles. The predicted octanol–water partition coefficient (Wildman–Crippen LogP) is 1.17. The Morgan fingerprint density at radius 2 is 1.88 bits per heavy atom. The van der Waals surface area contributed by atoms with Crippen LogP contribution in [-0.2, 0) is 14.4 Å². The van der Waals surface area contributed by atoms with Crippen molar-refractivity contribution in [3.63, 3.8) is 0 Å². The fourth-order valence-corrected chi connectivity index (χ4v) is 2.91. The number of nitrogens with one attached hydrogen (secondary N) is 2. The molecular formula is C19H27N3O4. The molecule has 1 fully saturated rings. The highest BCUT2D eigenvalue weighted by Crippen LogP contribution is 2.40. The maximum absolute atomic E-state index is 12.6. The van der Waals surface area contributed by atoms with Crippen molar-refractivity contribution < 1.29 is 19.5 Å². The highest BCUT2D eigenvalue weighted by Gasteiger charge is 2.34. The number of carbonyl (C=O) groups is 3. The molecule has 2 atom stereocenters. The molecule has 1 aliphatic carbocycles. The molecule has 0 radical (unpaired) electrons. The highest BCUT2D eigenvalue weighted by atomic mass is 16.4. The van der Waals surface area contributed by atoms with Crippen LogP contribution in [-0.4, -0.2) is 53.5 Å². The third-order valence-corrected chi connectivity index (χ3v) is 4.59. The molecule has 0 aromatic heterocycles. The first kappa shape index (κ1) is 19.9. The van der Waals surface area contributed by atoms with Crippen molar-refractivity contribution in [2.75, 3.05) is 19.6 Å². The second kappa shape index (κ2) is 9.33. The Hall–Kier alpha value is -2.41. The molecule has 7 heteroatoms. The standard InChI is InChI=1S/C19H27N3O4/c1-13(19(25)26)22(11-10-20-14(2)23)12-17(24)21-18(16-8-9-16)15-6-4-3-5-7-15/h3-7,13,16,18H,8-12H2,1-2H3,(H,20,23)(H,21,24)(H,25,26). The molecule has 1 aliphatic rings. The van der Waals surface area contributed by atoms with Crippen LogP contribution >= 0.6 is 0 Å². The number of hydrogen-bond donors (Lipinski definition) is 3. The molecule has 0 heterocycles. The van der Waals surface area contributed by atoms with Gasteiger partial charge in [-0.2, -0.15) is 0 Å². The maximum atomic E-state index is 12.6. The van der Waals surface area contributed by atoms with Gasteiger partial charge in [0.2, 0.25) is 11.8 Å². The quantitative estimate of drug-likeness (QED) is 0.581. The van der Waals surface area contributed by atoms with E-state index in [0.29, 0.717) is 19.0 Å². The van der Waals surface area contributed by atoms with Gasteiger partial charge in [0.1, 0.15) is 6.04 Å². The van der Waals surface area contributed by atoms with Gasteiger partial charge in [-0.25, -0.2) is 0 Å². The number of carboxylic acid groups (broad SMARTS) is 1. The van der Waals surface area contributed by atoms with E-state index in [9.17, 15) is 19.5 Å². The number of hydrogen-bond acceptors (Lipinski definition) is 4. The summed E-state index contributed by atoms with van der Waals surface area (Å²) in [5.74, 6) is -0.953. The monoisotopic (exact) mass is 361 g/mol. The fourth-order valence-electron chi connectivity index (χ4n) is 2.91. The van der Waals surface area contributed by atoms with Crippen molar-refractivity contribution in [1.82, 2.24) is 15.5 Å². The molecule has 3 N–H and O–H groups in total. The van der Waals surface area contributed by atoms with E-state index in [4.69, 9.17) is 0 Å².